The zero-order valence-electron chi connectivity index (χ0n) is 16.0. The lowest BCUT2D eigenvalue weighted by atomic mass is 9.96. The number of hydrogen-bond acceptors (Lipinski definition) is 5. The summed E-state index contributed by atoms with van der Waals surface area (Å²) < 4.78 is 27.7. The first-order valence-corrected chi connectivity index (χ1v) is 10.0. The number of aryl methyl sites for hydroxylation is 1. The van der Waals surface area contributed by atoms with Gasteiger partial charge in [0.2, 0.25) is 5.13 Å². The predicted molar refractivity (Wildman–Crippen MR) is 114 cm³/mol. The van der Waals surface area contributed by atoms with Gasteiger partial charge in [-0.1, -0.05) is 53.8 Å². The number of Topliss-reactive ketones (excluding diaryl/α,β-unsaturated/α-hetero) is 1. The number of ketones is 1. The molecule has 0 saturated carbocycles. The van der Waals surface area contributed by atoms with Crippen molar-refractivity contribution in [3.05, 3.63) is 89.0 Å². The summed E-state index contributed by atoms with van der Waals surface area (Å²) in [6.45, 7) is 2.01. The molecule has 0 saturated heterocycles. The molecule has 0 aliphatic carbocycles. The van der Waals surface area contributed by atoms with E-state index in [1.54, 1.807) is 12.1 Å². The third kappa shape index (κ3) is 3.97. The number of anilines is 1. The predicted octanol–water partition coefficient (Wildman–Crippen LogP) is 5.47. The lowest BCUT2D eigenvalue weighted by molar-refractivity contribution is 0.0985. The maximum absolute atomic E-state index is 13.8. The second-order valence-electron chi connectivity index (χ2n) is 6.87. The molecule has 3 aromatic carbocycles. The molecule has 0 amide bonds. The maximum atomic E-state index is 13.8. The van der Waals surface area contributed by atoms with E-state index in [1.165, 1.54) is 17.4 Å². The Labute approximate surface area is 176 Å². The van der Waals surface area contributed by atoms with Gasteiger partial charge in [0.05, 0.1) is 5.56 Å². The number of benzene rings is 3. The molecule has 30 heavy (non-hydrogen) atoms. The molecular weight excluding hydrogens is 404 g/mol. The molecule has 1 aromatic heterocycles. The molecule has 0 radical (unpaired) electrons. The van der Waals surface area contributed by atoms with Crippen molar-refractivity contribution >= 4 is 22.3 Å². The topological polar surface area (TPSA) is 68.9 Å². The van der Waals surface area contributed by atoms with Crippen LogP contribution < -0.4 is 5.73 Å². The van der Waals surface area contributed by atoms with Gasteiger partial charge in [0.1, 0.15) is 16.6 Å². The monoisotopic (exact) mass is 421 g/mol. The van der Waals surface area contributed by atoms with Crippen molar-refractivity contribution in [1.29, 1.82) is 0 Å². The van der Waals surface area contributed by atoms with Crippen molar-refractivity contribution in [3.63, 3.8) is 0 Å². The van der Waals surface area contributed by atoms with Gasteiger partial charge in [-0.05, 0) is 47.4 Å². The van der Waals surface area contributed by atoms with Crippen molar-refractivity contribution in [2.45, 2.75) is 13.3 Å². The summed E-state index contributed by atoms with van der Waals surface area (Å²) >= 11 is 1.32. The third-order valence-electron chi connectivity index (χ3n) is 4.80. The summed E-state index contributed by atoms with van der Waals surface area (Å²) in [6, 6.07) is 16.8. The van der Waals surface area contributed by atoms with E-state index in [9.17, 15) is 13.6 Å². The number of nitrogens with two attached hydrogens (primary N) is 1. The minimum atomic E-state index is -0.846. The molecule has 0 bridgehead atoms. The Morgan fingerprint density at radius 3 is 2.27 bits per heavy atom. The number of carbonyl (C=O) groups excluding carboxylic acids is 1. The maximum Gasteiger partial charge on any atom is 0.203 e. The highest BCUT2D eigenvalue weighted by atomic mass is 32.1. The fourth-order valence-corrected chi connectivity index (χ4v) is 3.86. The minimum absolute atomic E-state index is 0.0821. The molecule has 150 valence electrons. The summed E-state index contributed by atoms with van der Waals surface area (Å²) in [7, 11) is 0. The van der Waals surface area contributed by atoms with Crippen molar-refractivity contribution < 1.29 is 13.6 Å². The number of carbonyl (C=O) groups is 1. The number of halogens is 2. The van der Waals surface area contributed by atoms with Crippen molar-refractivity contribution in [2.75, 3.05) is 5.73 Å². The molecule has 4 aromatic rings. The smallest absolute Gasteiger partial charge is 0.203 e. The van der Waals surface area contributed by atoms with E-state index in [0.717, 1.165) is 39.4 Å². The second-order valence-corrected chi connectivity index (χ2v) is 7.88. The van der Waals surface area contributed by atoms with Gasteiger partial charge in [-0.25, -0.2) is 8.78 Å². The Bertz CT molecular complexity index is 1220. The van der Waals surface area contributed by atoms with E-state index < -0.39 is 23.0 Å². The van der Waals surface area contributed by atoms with Crippen LogP contribution in [0.5, 0.6) is 0 Å². The van der Waals surface area contributed by atoms with Crippen LogP contribution in [0.25, 0.3) is 21.7 Å². The molecule has 4 nitrogen and oxygen atoms in total. The molecule has 0 aliphatic heterocycles. The van der Waals surface area contributed by atoms with E-state index in [0.29, 0.717) is 10.7 Å². The largest absolute Gasteiger partial charge is 0.374 e. The molecule has 4 rings (SSSR count). The highest BCUT2D eigenvalue weighted by Crippen LogP contribution is 2.31. The van der Waals surface area contributed by atoms with Gasteiger partial charge in [0.15, 0.2) is 5.78 Å². The van der Waals surface area contributed by atoms with Crippen LogP contribution in [0.15, 0.2) is 60.7 Å². The lowest BCUT2D eigenvalue weighted by Crippen LogP contribution is -2.09. The van der Waals surface area contributed by atoms with E-state index in [-0.39, 0.29) is 6.42 Å². The second kappa shape index (κ2) is 8.12. The number of nitrogens with zero attached hydrogens (tertiary/aromatic N) is 2. The highest BCUT2D eigenvalue weighted by Gasteiger charge is 2.17. The molecule has 7 heteroatoms. The summed E-state index contributed by atoms with van der Waals surface area (Å²) in [4.78, 5) is 12.4. The average Bonchev–Trinajstić information content (AvgIpc) is 3.15. The molecule has 1 heterocycles. The van der Waals surface area contributed by atoms with Crippen LogP contribution in [0.2, 0.25) is 0 Å². The normalized spacial score (nSPS) is 10.9. The standard InChI is InChI=1S/C23H17F2N3OS/c1-13-5-8-16(22-27-28-23(26)30-22)12-17(13)15-9-6-14(7-10-15)11-20(29)21-18(24)3-2-4-19(21)25/h2-10,12H,11H2,1H3,(H2,26,28). The number of hydrogen-bond donors (Lipinski definition) is 1. The number of rotatable bonds is 5. The third-order valence-corrected chi connectivity index (χ3v) is 5.60. The molecule has 0 unspecified atom stereocenters. The Morgan fingerprint density at radius 2 is 1.63 bits per heavy atom. The van der Waals surface area contributed by atoms with Crippen LogP contribution in [0.1, 0.15) is 21.5 Å². The fourth-order valence-electron chi connectivity index (χ4n) is 3.26. The fraction of sp³-hybridized carbons (Fsp3) is 0.0870. The van der Waals surface area contributed by atoms with Gasteiger partial charge in [-0.2, -0.15) is 0 Å². The molecule has 0 fully saturated rings. The van der Waals surface area contributed by atoms with Gasteiger partial charge < -0.3 is 5.73 Å². The van der Waals surface area contributed by atoms with Gasteiger partial charge in [0, 0.05) is 12.0 Å². The van der Waals surface area contributed by atoms with Crippen LogP contribution in [-0.4, -0.2) is 16.0 Å². The molecular formula is C23H17F2N3OS. The van der Waals surface area contributed by atoms with Gasteiger partial charge in [-0.3, -0.25) is 4.79 Å². The van der Waals surface area contributed by atoms with E-state index in [4.69, 9.17) is 5.73 Å². The van der Waals surface area contributed by atoms with Gasteiger partial charge >= 0.3 is 0 Å². The summed E-state index contributed by atoms with van der Waals surface area (Å²) in [5.41, 5.74) is 9.83. The molecule has 0 aliphatic rings. The van der Waals surface area contributed by atoms with Crippen LogP contribution in [0, 0.1) is 18.6 Å². The van der Waals surface area contributed by atoms with Crippen LogP contribution in [0.3, 0.4) is 0 Å². The zero-order chi connectivity index (χ0) is 21.3. The molecule has 0 atom stereocenters. The van der Waals surface area contributed by atoms with E-state index in [1.807, 2.05) is 37.3 Å². The zero-order valence-corrected chi connectivity index (χ0v) is 16.8. The Morgan fingerprint density at radius 1 is 0.967 bits per heavy atom. The first-order chi connectivity index (χ1) is 14.4. The van der Waals surface area contributed by atoms with Crippen molar-refractivity contribution in [2.24, 2.45) is 0 Å². The van der Waals surface area contributed by atoms with E-state index in [2.05, 4.69) is 10.2 Å². The summed E-state index contributed by atoms with van der Waals surface area (Å²) in [6.07, 6.45) is -0.0821. The summed E-state index contributed by atoms with van der Waals surface area (Å²) in [5, 5.41) is 9.09. The Hall–Kier alpha value is -3.45. The van der Waals surface area contributed by atoms with E-state index >= 15 is 0 Å². The molecule has 0 spiro atoms. The average molecular weight is 421 g/mol. The Balaban J connectivity index is 1.59. The van der Waals surface area contributed by atoms with Crippen LogP contribution >= 0.6 is 11.3 Å². The minimum Gasteiger partial charge on any atom is -0.374 e. The van der Waals surface area contributed by atoms with Gasteiger partial charge in [-0.15, -0.1) is 10.2 Å². The van der Waals surface area contributed by atoms with Crippen LogP contribution in [-0.2, 0) is 6.42 Å². The summed E-state index contributed by atoms with van der Waals surface area (Å²) in [5.74, 6) is -2.28. The first kappa shape index (κ1) is 19.8. The van der Waals surface area contributed by atoms with Crippen molar-refractivity contribution in [1.82, 2.24) is 10.2 Å². The Kier molecular flexibility index (Phi) is 5.37. The van der Waals surface area contributed by atoms with Gasteiger partial charge in [0.25, 0.3) is 0 Å². The SMILES string of the molecule is Cc1ccc(-c2nnc(N)s2)cc1-c1ccc(CC(=O)c2c(F)cccc2F)cc1. The lowest BCUT2D eigenvalue weighted by Gasteiger charge is -2.09. The van der Waals surface area contributed by atoms with Crippen LogP contribution in [0.4, 0.5) is 13.9 Å². The number of nitrogen functional groups attached to an aromatic ring is 1. The number of aromatic nitrogens is 2. The first-order valence-electron chi connectivity index (χ1n) is 9.19. The quantitative estimate of drug-likeness (QED) is 0.434. The van der Waals surface area contributed by atoms with Crippen molar-refractivity contribution in [3.8, 4) is 21.7 Å². The highest BCUT2D eigenvalue weighted by molar-refractivity contribution is 7.18. The molecule has 2 N–H and O–H groups in total.